The molecule has 0 amide bonds. The fourth-order valence-electron chi connectivity index (χ4n) is 2.62. The quantitative estimate of drug-likeness (QED) is 0.779. The highest BCUT2D eigenvalue weighted by atomic mass is 19.1. The van der Waals surface area contributed by atoms with Crippen LogP contribution in [0.1, 0.15) is 18.4 Å². The molecular formula is C15H20FN3. The summed E-state index contributed by atoms with van der Waals surface area (Å²) in [6.07, 6.45) is 2.31. The molecular weight excluding hydrogens is 241 g/mol. The van der Waals surface area contributed by atoms with Gasteiger partial charge in [0.1, 0.15) is 5.82 Å². The van der Waals surface area contributed by atoms with Crippen LogP contribution >= 0.6 is 0 Å². The largest absolute Gasteiger partial charge is 0.298 e. The van der Waals surface area contributed by atoms with Crippen molar-refractivity contribution in [3.63, 3.8) is 0 Å². The molecule has 1 saturated heterocycles. The molecule has 2 rings (SSSR count). The second-order valence-corrected chi connectivity index (χ2v) is 5.23. The van der Waals surface area contributed by atoms with Gasteiger partial charge in [-0.15, -0.1) is 0 Å². The molecule has 1 aliphatic rings. The molecule has 1 unspecified atom stereocenters. The van der Waals surface area contributed by atoms with Gasteiger partial charge in [0.15, 0.2) is 0 Å². The first kappa shape index (κ1) is 14.0. The lowest BCUT2D eigenvalue weighted by atomic mass is 10.0. The molecule has 0 bridgehead atoms. The van der Waals surface area contributed by atoms with Crippen molar-refractivity contribution >= 4 is 0 Å². The molecule has 1 aliphatic heterocycles. The van der Waals surface area contributed by atoms with Gasteiger partial charge >= 0.3 is 0 Å². The first-order chi connectivity index (χ1) is 9.19. The number of likely N-dealkylation sites (tertiary alicyclic amines) is 1. The third-order valence-corrected chi connectivity index (χ3v) is 3.74. The Labute approximate surface area is 114 Å². The molecule has 0 aromatic heterocycles. The van der Waals surface area contributed by atoms with Crippen molar-refractivity contribution < 1.29 is 4.39 Å². The second-order valence-electron chi connectivity index (χ2n) is 5.23. The Kier molecular flexibility index (Phi) is 4.89. The normalized spacial score (nSPS) is 20.4. The third-order valence-electron chi connectivity index (χ3n) is 3.74. The highest BCUT2D eigenvalue weighted by Gasteiger charge is 2.22. The number of benzene rings is 1. The van der Waals surface area contributed by atoms with E-state index in [4.69, 9.17) is 5.26 Å². The van der Waals surface area contributed by atoms with Crippen molar-refractivity contribution in [3.8, 4) is 6.07 Å². The number of nitriles is 1. The van der Waals surface area contributed by atoms with Crippen LogP contribution in [0, 0.1) is 17.1 Å². The van der Waals surface area contributed by atoms with Crippen LogP contribution in [0.2, 0.25) is 0 Å². The maximum Gasteiger partial charge on any atom is 0.123 e. The first-order valence-corrected chi connectivity index (χ1v) is 6.73. The smallest absolute Gasteiger partial charge is 0.123 e. The highest BCUT2D eigenvalue weighted by Crippen LogP contribution is 2.17. The monoisotopic (exact) mass is 261 g/mol. The summed E-state index contributed by atoms with van der Waals surface area (Å²) in [5.41, 5.74) is 1.14. The number of hydrogen-bond acceptors (Lipinski definition) is 3. The van der Waals surface area contributed by atoms with E-state index in [1.54, 1.807) is 0 Å². The van der Waals surface area contributed by atoms with Crippen LogP contribution < -0.4 is 0 Å². The van der Waals surface area contributed by atoms with Gasteiger partial charge in [0, 0.05) is 19.1 Å². The molecule has 1 atom stereocenters. The summed E-state index contributed by atoms with van der Waals surface area (Å²) in [7, 11) is 2.01. The van der Waals surface area contributed by atoms with E-state index in [9.17, 15) is 4.39 Å². The van der Waals surface area contributed by atoms with Crippen LogP contribution in [0.15, 0.2) is 24.3 Å². The number of nitrogens with zero attached hydrogens (tertiary/aromatic N) is 3. The summed E-state index contributed by atoms with van der Waals surface area (Å²) < 4.78 is 12.9. The van der Waals surface area contributed by atoms with Crippen molar-refractivity contribution in [2.45, 2.75) is 25.4 Å². The number of rotatable bonds is 4. The predicted molar refractivity (Wildman–Crippen MR) is 72.9 cm³/mol. The van der Waals surface area contributed by atoms with Gasteiger partial charge in [-0.3, -0.25) is 9.80 Å². The first-order valence-electron chi connectivity index (χ1n) is 6.73. The molecule has 102 valence electrons. The molecule has 1 aromatic carbocycles. The van der Waals surface area contributed by atoms with Gasteiger partial charge in [0.2, 0.25) is 0 Å². The molecule has 4 heteroatoms. The fourth-order valence-corrected chi connectivity index (χ4v) is 2.62. The van der Waals surface area contributed by atoms with Crippen LogP contribution in [0.3, 0.4) is 0 Å². The molecule has 1 aromatic rings. The molecule has 0 radical (unpaired) electrons. The van der Waals surface area contributed by atoms with E-state index in [0.717, 1.165) is 38.0 Å². The van der Waals surface area contributed by atoms with Crippen LogP contribution in [0.25, 0.3) is 0 Å². The molecule has 0 spiro atoms. The SMILES string of the molecule is CN(CC#N)C1CCCN(Cc2ccc(F)cc2)C1. The standard InChI is InChI=1S/C15H20FN3/c1-18(10-8-17)15-3-2-9-19(12-15)11-13-4-6-14(16)7-5-13/h4-7,15H,2-3,9-12H2,1H3. The van der Waals surface area contributed by atoms with Crippen molar-refractivity contribution in [1.29, 1.82) is 5.26 Å². The van der Waals surface area contributed by atoms with Gasteiger partial charge in [-0.2, -0.15) is 5.26 Å². The summed E-state index contributed by atoms with van der Waals surface area (Å²) in [4.78, 5) is 4.51. The van der Waals surface area contributed by atoms with Gasteiger partial charge in [0.25, 0.3) is 0 Å². The van der Waals surface area contributed by atoms with Crippen LogP contribution in [0.5, 0.6) is 0 Å². The summed E-state index contributed by atoms with van der Waals surface area (Å²) in [6.45, 7) is 3.40. The zero-order valence-corrected chi connectivity index (χ0v) is 11.3. The van der Waals surface area contributed by atoms with E-state index < -0.39 is 0 Å². The van der Waals surface area contributed by atoms with Gasteiger partial charge in [0.05, 0.1) is 12.6 Å². The number of piperidine rings is 1. The topological polar surface area (TPSA) is 30.3 Å². The lowest BCUT2D eigenvalue weighted by Gasteiger charge is -2.36. The fraction of sp³-hybridized carbons (Fsp3) is 0.533. The van der Waals surface area contributed by atoms with Gasteiger partial charge in [-0.05, 0) is 44.1 Å². The van der Waals surface area contributed by atoms with E-state index in [2.05, 4.69) is 15.9 Å². The minimum Gasteiger partial charge on any atom is -0.298 e. The molecule has 0 N–H and O–H groups in total. The van der Waals surface area contributed by atoms with Crippen LogP contribution in [0.4, 0.5) is 4.39 Å². The lowest BCUT2D eigenvalue weighted by Crippen LogP contribution is -2.46. The molecule has 0 saturated carbocycles. The molecule has 1 fully saturated rings. The summed E-state index contributed by atoms with van der Waals surface area (Å²) in [5.74, 6) is -0.186. The Hall–Kier alpha value is -1.44. The maximum atomic E-state index is 12.9. The van der Waals surface area contributed by atoms with E-state index in [1.807, 2.05) is 19.2 Å². The minimum absolute atomic E-state index is 0.186. The Bertz CT molecular complexity index is 438. The Morgan fingerprint density at radius 1 is 1.42 bits per heavy atom. The maximum absolute atomic E-state index is 12.9. The van der Waals surface area contributed by atoms with Crippen molar-refractivity contribution in [3.05, 3.63) is 35.6 Å². The average molecular weight is 261 g/mol. The Morgan fingerprint density at radius 3 is 2.84 bits per heavy atom. The van der Waals surface area contributed by atoms with Crippen molar-refractivity contribution in [1.82, 2.24) is 9.80 Å². The zero-order chi connectivity index (χ0) is 13.7. The van der Waals surface area contributed by atoms with Gasteiger partial charge in [-0.25, -0.2) is 4.39 Å². The average Bonchev–Trinajstić information content (AvgIpc) is 2.42. The van der Waals surface area contributed by atoms with E-state index in [1.165, 1.54) is 12.1 Å². The van der Waals surface area contributed by atoms with Crippen molar-refractivity contribution in [2.24, 2.45) is 0 Å². The minimum atomic E-state index is -0.186. The molecule has 0 aliphatic carbocycles. The summed E-state index contributed by atoms with van der Waals surface area (Å²) >= 11 is 0. The molecule has 19 heavy (non-hydrogen) atoms. The number of likely N-dealkylation sites (N-methyl/N-ethyl adjacent to an activating group) is 1. The van der Waals surface area contributed by atoms with Gasteiger partial charge in [-0.1, -0.05) is 12.1 Å². The van der Waals surface area contributed by atoms with E-state index >= 15 is 0 Å². The van der Waals surface area contributed by atoms with E-state index in [0.29, 0.717) is 12.6 Å². The number of hydrogen-bond donors (Lipinski definition) is 0. The summed E-state index contributed by atoms with van der Waals surface area (Å²) in [5, 5.41) is 8.75. The lowest BCUT2D eigenvalue weighted by molar-refractivity contribution is 0.120. The Balaban J connectivity index is 1.90. The molecule has 1 heterocycles. The molecule has 3 nitrogen and oxygen atoms in total. The zero-order valence-electron chi connectivity index (χ0n) is 11.3. The van der Waals surface area contributed by atoms with E-state index in [-0.39, 0.29) is 5.82 Å². The van der Waals surface area contributed by atoms with Crippen LogP contribution in [-0.2, 0) is 6.54 Å². The predicted octanol–water partition coefficient (Wildman–Crippen LogP) is 2.25. The van der Waals surface area contributed by atoms with Crippen LogP contribution in [-0.4, -0.2) is 42.5 Å². The second kappa shape index (κ2) is 6.65. The highest BCUT2D eigenvalue weighted by molar-refractivity contribution is 5.16. The Morgan fingerprint density at radius 2 is 2.16 bits per heavy atom. The van der Waals surface area contributed by atoms with Crippen molar-refractivity contribution in [2.75, 3.05) is 26.7 Å². The number of halogens is 1. The van der Waals surface area contributed by atoms with Gasteiger partial charge < -0.3 is 0 Å². The summed E-state index contributed by atoms with van der Waals surface area (Å²) in [6, 6.07) is 9.37. The third kappa shape index (κ3) is 4.02.